The summed E-state index contributed by atoms with van der Waals surface area (Å²) in [5, 5.41) is 15.3. The maximum Gasteiger partial charge on any atom is 0.516 e. The molecular formula is C23H31F3N6O4S2. The van der Waals surface area contributed by atoms with Gasteiger partial charge in [0.25, 0.3) is 5.13 Å². The van der Waals surface area contributed by atoms with Crippen molar-refractivity contribution in [1.82, 2.24) is 10.2 Å². The highest BCUT2D eigenvalue weighted by molar-refractivity contribution is 7.93. The quantitative estimate of drug-likeness (QED) is 0.174. The van der Waals surface area contributed by atoms with Crippen LogP contribution in [0.3, 0.4) is 0 Å². The summed E-state index contributed by atoms with van der Waals surface area (Å²) in [6.07, 6.45) is 5.68. The van der Waals surface area contributed by atoms with E-state index in [0.717, 1.165) is 49.0 Å². The number of hydrogen-bond donors (Lipinski definition) is 1. The van der Waals surface area contributed by atoms with E-state index in [0.29, 0.717) is 25.1 Å². The van der Waals surface area contributed by atoms with Crippen LogP contribution in [0.2, 0.25) is 0 Å². The Balaban J connectivity index is 1.98. The number of hydrogen-bond acceptors (Lipinski definition) is 10. The first kappa shape index (κ1) is 29.7. The largest absolute Gasteiger partial charge is 0.516 e. The minimum atomic E-state index is -5.71. The van der Waals surface area contributed by atoms with Crippen LogP contribution in [0.15, 0.2) is 22.4 Å². The van der Waals surface area contributed by atoms with E-state index in [2.05, 4.69) is 25.3 Å². The predicted octanol–water partition coefficient (Wildman–Crippen LogP) is 6.50. The lowest BCUT2D eigenvalue weighted by molar-refractivity contribution is -0.0429. The fourth-order valence-corrected chi connectivity index (χ4v) is 5.12. The molecule has 10 nitrogen and oxygen atoms in total. The first-order valence-corrected chi connectivity index (χ1v) is 14.8. The Morgan fingerprint density at radius 1 is 1.18 bits per heavy atom. The lowest BCUT2D eigenvalue weighted by atomic mass is 9.93. The molecule has 2 aromatic rings. The van der Waals surface area contributed by atoms with Gasteiger partial charge >= 0.3 is 21.5 Å². The molecule has 0 amide bonds. The molecule has 0 fully saturated rings. The van der Waals surface area contributed by atoms with E-state index >= 15 is 0 Å². The second-order valence-corrected chi connectivity index (χ2v) is 11.4. The number of aromatic nitrogens is 2. The molecule has 1 N–H and O–H groups in total. The topological polar surface area (TPSA) is 126 Å². The Bertz CT molecular complexity index is 1250. The third-order valence-corrected chi connectivity index (χ3v) is 7.92. The van der Waals surface area contributed by atoms with Crippen molar-refractivity contribution in [3.8, 4) is 0 Å². The molecule has 0 saturated heterocycles. The van der Waals surface area contributed by atoms with Gasteiger partial charge in [0.1, 0.15) is 5.69 Å². The summed E-state index contributed by atoms with van der Waals surface area (Å²) in [4.78, 5) is 14.2. The minimum Gasteiger partial charge on any atom is -0.460 e. The normalized spacial score (nSPS) is 16.1. The standard InChI is InChI=1S/C23H31F3N6O4S2/c1-4-7-11-32-16(6-3)10-9-15-13-17(18(14-19(15)32)31-38(34,35)23(24,25)26)27-29-22-30-28-20(37-22)21(33)36-12-8-5-2/h13-14,16,31H,4-12H2,1-3H3. The summed E-state index contributed by atoms with van der Waals surface area (Å²) >= 11 is 0.799. The average Bonchev–Trinajstić information content (AvgIpc) is 3.34. The molecule has 1 aromatic carbocycles. The number of fused-ring (bicyclic) bond motifs is 1. The van der Waals surface area contributed by atoms with E-state index in [9.17, 15) is 26.4 Å². The van der Waals surface area contributed by atoms with Crippen LogP contribution in [0.4, 0.5) is 35.4 Å². The number of ether oxygens (including phenoxy) is 1. The predicted molar refractivity (Wildman–Crippen MR) is 139 cm³/mol. The summed E-state index contributed by atoms with van der Waals surface area (Å²) in [5.41, 5.74) is -4.48. The van der Waals surface area contributed by atoms with Crippen molar-refractivity contribution in [3.05, 3.63) is 22.7 Å². The van der Waals surface area contributed by atoms with Gasteiger partial charge in [-0.25, -0.2) is 4.79 Å². The molecule has 38 heavy (non-hydrogen) atoms. The van der Waals surface area contributed by atoms with Gasteiger partial charge in [0.2, 0.25) is 5.01 Å². The van der Waals surface area contributed by atoms with E-state index in [-0.39, 0.29) is 34.2 Å². The Morgan fingerprint density at radius 3 is 2.58 bits per heavy atom. The smallest absolute Gasteiger partial charge is 0.460 e. The van der Waals surface area contributed by atoms with Gasteiger partial charge in [-0.2, -0.15) is 21.6 Å². The number of rotatable bonds is 12. The number of azo groups is 1. The molecule has 210 valence electrons. The lowest BCUT2D eigenvalue weighted by Gasteiger charge is -2.39. The third-order valence-electron chi connectivity index (χ3n) is 6.03. The van der Waals surface area contributed by atoms with Crippen molar-refractivity contribution in [2.45, 2.75) is 77.3 Å². The van der Waals surface area contributed by atoms with Crippen LogP contribution in [0, 0.1) is 0 Å². The summed E-state index contributed by atoms with van der Waals surface area (Å²) in [6, 6.07) is 3.12. The van der Waals surface area contributed by atoms with Crippen LogP contribution in [0.25, 0.3) is 0 Å². The van der Waals surface area contributed by atoms with Crippen molar-refractivity contribution in [3.63, 3.8) is 0 Å². The number of unbranched alkanes of at least 4 members (excludes halogenated alkanes) is 2. The van der Waals surface area contributed by atoms with Crippen molar-refractivity contribution in [1.29, 1.82) is 0 Å². The van der Waals surface area contributed by atoms with Gasteiger partial charge in [-0.15, -0.1) is 20.4 Å². The van der Waals surface area contributed by atoms with Crippen LogP contribution >= 0.6 is 11.3 Å². The minimum absolute atomic E-state index is 0.0367. The molecule has 2 heterocycles. The second-order valence-electron chi connectivity index (χ2n) is 8.78. The fraction of sp³-hybridized carbons (Fsp3) is 0.609. The maximum absolute atomic E-state index is 13.2. The van der Waals surface area contributed by atoms with E-state index in [1.807, 2.05) is 20.8 Å². The summed E-state index contributed by atoms with van der Waals surface area (Å²) in [6.45, 7) is 6.96. The zero-order valence-corrected chi connectivity index (χ0v) is 23.0. The van der Waals surface area contributed by atoms with E-state index in [1.54, 1.807) is 10.8 Å². The Morgan fingerprint density at radius 2 is 1.92 bits per heavy atom. The first-order valence-electron chi connectivity index (χ1n) is 12.5. The lowest BCUT2D eigenvalue weighted by Crippen LogP contribution is -2.39. The first-order chi connectivity index (χ1) is 18.0. The zero-order chi connectivity index (χ0) is 27.9. The van der Waals surface area contributed by atoms with Gasteiger partial charge in [0, 0.05) is 18.3 Å². The molecule has 0 saturated carbocycles. The number of esters is 1. The highest BCUT2D eigenvalue weighted by Gasteiger charge is 2.46. The Labute approximate surface area is 223 Å². The third kappa shape index (κ3) is 7.18. The average molecular weight is 577 g/mol. The molecule has 1 aliphatic heterocycles. The molecule has 0 bridgehead atoms. The number of benzene rings is 1. The number of alkyl halides is 3. The number of nitrogens with one attached hydrogen (secondary N) is 1. The molecule has 15 heteroatoms. The molecular weight excluding hydrogens is 545 g/mol. The SMILES string of the molecule is CCCCOC(=O)c1nnc(N=Nc2cc3c(cc2NS(=O)(=O)C(F)(F)F)N(CCCC)C(CC)CC3)s1. The van der Waals surface area contributed by atoms with E-state index < -0.39 is 21.5 Å². The molecule has 1 aliphatic rings. The number of carbonyl (C=O) groups is 1. The number of halogens is 3. The van der Waals surface area contributed by atoms with Crippen molar-refractivity contribution < 1.29 is 31.1 Å². The molecule has 1 aromatic heterocycles. The number of sulfonamides is 1. The zero-order valence-electron chi connectivity index (χ0n) is 21.4. The van der Waals surface area contributed by atoms with Gasteiger partial charge in [0.15, 0.2) is 0 Å². The number of carbonyl (C=O) groups excluding carboxylic acids is 1. The molecule has 0 radical (unpaired) electrons. The summed E-state index contributed by atoms with van der Waals surface area (Å²) in [7, 11) is -5.71. The molecule has 1 unspecified atom stereocenters. The second kappa shape index (κ2) is 12.8. The van der Waals surface area contributed by atoms with Crippen molar-refractivity contribution in [2.75, 3.05) is 22.8 Å². The number of nitrogens with zero attached hydrogens (tertiary/aromatic N) is 5. The van der Waals surface area contributed by atoms with Crippen LogP contribution in [0.5, 0.6) is 0 Å². The monoisotopic (exact) mass is 576 g/mol. The van der Waals surface area contributed by atoms with Gasteiger partial charge in [-0.3, -0.25) is 4.72 Å². The van der Waals surface area contributed by atoms with E-state index in [1.165, 1.54) is 6.07 Å². The van der Waals surface area contributed by atoms with Crippen LogP contribution in [-0.2, 0) is 21.2 Å². The summed E-state index contributed by atoms with van der Waals surface area (Å²) < 4.78 is 70.3. The molecule has 0 spiro atoms. The van der Waals surface area contributed by atoms with Crippen LogP contribution < -0.4 is 9.62 Å². The van der Waals surface area contributed by atoms with Crippen molar-refractivity contribution in [2.24, 2.45) is 10.2 Å². The molecule has 0 aliphatic carbocycles. The van der Waals surface area contributed by atoms with Gasteiger partial charge < -0.3 is 9.64 Å². The highest BCUT2D eigenvalue weighted by Crippen LogP contribution is 2.41. The van der Waals surface area contributed by atoms with Crippen molar-refractivity contribution >= 4 is 49.5 Å². The summed E-state index contributed by atoms with van der Waals surface area (Å²) in [5.74, 6) is -0.664. The Kier molecular flexibility index (Phi) is 10.0. The number of anilines is 2. The van der Waals surface area contributed by atoms with Gasteiger partial charge in [-0.1, -0.05) is 44.9 Å². The Hall–Kier alpha value is -2.81. The van der Waals surface area contributed by atoms with Gasteiger partial charge in [-0.05, 0) is 49.8 Å². The van der Waals surface area contributed by atoms with E-state index in [4.69, 9.17) is 4.74 Å². The molecule has 1 atom stereocenters. The maximum atomic E-state index is 13.2. The highest BCUT2D eigenvalue weighted by atomic mass is 32.2. The molecule has 3 rings (SSSR count). The number of aryl methyl sites for hydroxylation is 1. The van der Waals surface area contributed by atoms with Crippen LogP contribution in [-0.4, -0.2) is 49.3 Å². The fourth-order valence-electron chi connectivity index (χ4n) is 3.99. The van der Waals surface area contributed by atoms with Crippen LogP contribution in [0.1, 0.15) is 74.7 Å². The van der Waals surface area contributed by atoms with Gasteiger partial charge in [0.05, 0.1) is 12.3 Å².